The summed E-state index contributed by atoms with van der Waals surface area (Å²) in [5, 5.41) is 0. The molecule has 1 aromatic carbocycles. The van der Waals surface area contributed by atoms with Crippen molar-refractivity contribution in [2.75, 3.05) is 5.73 Å². The summed E-state index contributed by atoms with van der Waals surface area (Å²) in [6.45, 7) is 2.22. The third-order valence-electron chi connectivity index (χ3n) is 3.66. The highest BCUT2D eigenvalue weighted by molar-refractivity contribution is 9.10. The molecule has 1 fully saturated rings. The van der Waals surface area contributed by atoms with Gasteiger partial charge in [0.2, 0.25) is 0 Å². The molecule has 1 saturated carbocycles. The van der Waals surface area contributed by atoms with Crippen LogP contribution in [0.2, 0.25) is 0 Å². The van der Waals surface area contributed by atoms with Crippen LogP contribution in [0.25, 0.3) is 0 Å². The van der Waals surface area contributed by atoms with Crippen molar-refractivity contribution in [3.05, 3.63) is 22.4 Å². The number of nitrogens with two attached hydrogens (primary N) is 1. The van der Waals surface area contributed by atoms with E-state index in [4.69, 9.17) is 10.5 Å². The molecule has 0 heterocycles. The van der Waals surface area contributed by atoms with E-state index in [0.717, 1.165) is 18.8 Å². The van der Waals surface area contributed by atoms with E-state index < -0.39 is 0 Å². The Hall–Kier alpha value is -0.770. The van der Waals surface area contributed by atoms with Gasteiger partial charge in [0, 0.05) is 6.07 Å². The monoisotopic (exact) mass is 315 g/mol. The van der Waals surface area contributed by atoms with Crippen molar-refractivity contribution in [2.24, 2.45) is 5.92 Å². The van der Waals surface area contributed by atoms with Crippen molar-refractivity contribution < 1.29 is 9.13 Å². The van der Waals surface area contributed by atoms with Gasteiger partial charge in [-0.1, -0.05) is 19.8 Å². The molecule has 18 heavy (non-hydrogen) atoms. The first-order chi connectivity index (χ1) is 8.60. The smallest absolute Gasteiger partial charge is 0.143 e. The second-order valence-corrected chi connectivity index (χ2v) is 5.84. The van der Waals surface area contributed by atoms with Crippen LogP contribution in [0, 0.1) is 11.7 Å². The van der Waals surface area contributed by atoms with Crippen LogP contribution in [-0.4, -0.2) is 6.10 Å². The van der Waals surface area contributed by atoms with Gasteiger partial charge in [0.05, 0.1) is 16.3 Å². The van der Waals surface area contributed by atoms with Gasteiger partial charge >= 0.3 is 0 Å². The Labute approximate surface area is 116 Å². The predicted octanol–water partition coefficient (Wildman–Crippen LogP) is 4.52. The Kier molecular flexibility index (Phi) is 4.49. The highest BCUT2D eigenvalue weighted by Gasteiger charge is 2.23. The summed E-state index contributed by atoms with van der Waals surface area (Å²) in [5.41, 5.74) is 6.16. The molecular weight excluding hydrogens is 297 g/mol. The molecule has 0 amide bonds. The number of nitrogen functional groups attached to an aromatic ring is 1. The minimum atomic E-state index is -0.352. The molecule has 2 rings (SSSR count). The van der Waals surface area contributed by atoms with Crippen LogP contribution < -0.4 is 10.5 Å². The zero-order valence-electron chi connectivity index (χ0n) is 10.6. The van der Waals surface area contributed by atoms with Crippen LogP contribution in [0.3, 0.4) is 0 Å². The van der Waals surface area contributed by atoms with Crippen LogP contribution in [0.4, 0.5) is 10.1 Å². The maximum atomic E-state index is 13.3. The molecule has 0 bridgehead atoms. The van der Waals surface area contributed by atoms with E-state index in [9.17, 15) is 4.39 Å². The standard InChI is InChI=1S/C14H19BrFNO/c1-2-9-4-3-5-10(6-9)18-14-7-11(15)12(16)8-13(14)17/h7-10H,2-6,17H2,1H3. The van der Waals surface area contributed by atoms with Gasteiger partial charge in [0.15, 0.2) is 0 Å². The molecule has 0 aliphatic heterocycles. The van der Waals surface area contributed by atoms with Gasteiger partial charge < -0.3 is 10.5 Å². The highest BCUT2D eigenvalue weighted by atomic mass is 79.9. The molecule has 1 aliphatic rings. The van der Waals surface area contributed by atoms with Crippen LogP contribution in [0.1, 0.15) is 39.0 Å². The SMILES string of the molecule is CCC1CCCC(Oc2cc(Br)c(F)cc2N)C1. The fourth-order valence-electron chi connectivity index (χ4n) is 2.55. The van der Waals surface area contributed by atoms with E-state index in [1.165, 1.54) is 25.3 Å². The van der Waals surface area contributed by atoms with Gasteiger partial charge in [-0.05, 0) is 47.2 Å². The van der Waals surface area contributed by atoms with E-state index in [1.807, 2.05) is 0 Å². The minimum absolute atomic E-state index is 0.211. The van der Waals surface area contributed by atoms with Crippen molar-refractivity contribution in [1.29, 1.82) is 0 Å². The van der Waals surface area contributed by atoms with Crippen molar-refractivity contribution in [3.8, 4) is 5.75 Å². The van der Waals surface area contributed by atoms with Gasteiger partial charge in [-0.2, -0.15) is 0 Å². The Balaban J connectivity index is 2.07. The molecule has 2 N–H and O–H groups in total. The number of ether oxygens (including phenoxy) is 1. The first-order valence-electron chi connectivity index (χ1n) is 6.51. The zero-order chi connectivity index (χ0) is 13.1. The fourth-order valence-corrected chi connectivity index (χ4v) is 2.87. The van der Waals surface area contributed by atoms with E-state index in [-0.39, 0.29) is 11.9 Å². The van der Waals surface area contributed by atoms with Crippen molar-refractivity contribution in [2.45, 2.75) is 45.1 Å². The van der Waals surface area contributed by atoms with Crippen LogP contribution in [0.15, 0.2) is 16.6 Å². The average molecular weight is 316 g/mol. The van der Waals surface area contributed by atoms with Crippen LogP contribution >= 0.6 is 15.9 Å². The first-order valence-corrected chi connectivity index (χ1v) is 7.30. The molecule has 2 unspecified atom stereocenters. The van der Waals surface area contributed by atoms with E-state index >= 15 is 0 Å². The second kappa shape index (κ2) is 5.91. The quantitative estimate of drug-likeness (QED) is 0.832. The first kappa shape index (κ1) is 13.7. The minimum Gasteiger partial charge on any atom is -0.488 e. The second-order valence-electron chi connectivity index (χ2n) is 4.98. The van der Waals surface area contributed by atoms with E-state index in [2.05, 4.69) is 22.9 Å². The molecule has 4 heteroatoms. The average Bonchev–Trinajstić information content (AvgIpc) is 2.36. The molecule has 2 atom stereocenters. The molecule has 100 valence electrons. The highest BCUT2D eigenvalue weighted by Crippen LogP contribution is 2.34. The zero-order valence-corrected chi connectivity index (χ0v) is 12.2. The Bertz CT molecular complexity index is 425. The molecule has 0 radical (unpaired) electrons. The van der Waals surface area contributed by atoms with Gasteiger partial charge in [-0.25, -0.2) is 4.39 Å². The lowest BCUT2D eigenvalue weighted by molar-refractivity contribution is 0.122. The summed E-state index contributed by atoms with van der Waals surface area (Å²) in [6.07, 6.45) is 6.03. The lowest BCUT2D eigenvalue weighted by atomic mass is 9.85. The predicted molar refractivity (Wildman–Crippen MR) is 75.2 cm³/mol. The summed E-state index contributed by atoms with van der Waals surface area (Å²) in [7, 11) is 0. The number of halogens is 2. The Morgan fingerprint density at radius 1 is 1.44 bits per heavy atom. The van der Waals surface area contributed by atoms with Crippen molar-refractivity contribution >= 4 is 21.6 Å². The van der Waals surface area contributed by atoms with Crippen molar-refractivity contribution in [1.82, 2.24) is 0 Å². The van der Waals surface area contributed by atoms with Crippen LogP contribution in [-0.2, 0) is 0 Å². The van der Waals surface area contributed by atoms with Gasteiger partial charge in [0.25, 0.3) is 0 Å². The topological polar surface area (TPSA) is 35.2 Å². The Morgan fingerprint density at radius 3 is 2.94 bits per heavy atom. The lowest BCUT2D eigenvalue weighted by Gasteiger charge is -2.29. The van der Waals surface area contributed by atoms with Crippen LogP contribution in [0.5, 0.6) is 5.75 Å². The maximum absolute atomic E-state index is 13.3. The summed E-state index contributed by atoms with van der Waals surface area (Å²) in [6, 6.07) is 2.93. The summed E-state index contributed by atoms with van der Waals surface area (Å²) in [4.78, 5) is 0. The number of rotatable bonds is 3. The third-order valence-corrected chi connectivity index (χ3v) is 4.27. The lowest BCUT2D eigenvalue weighted by Crippen LogP contribution is -2.25. The molecule has 1 aromatic rings. The third kappa shape index (κ3) is 3.16. The van der Waals surface area contributed by atoms with Gasteiger partial charge in [-0.15, -0.1) is 0 Å². The molecule has 0 aromatic heterocycles. The molecular formula is C14H19BrFNO. The van der Waals surface area contributed by atoms with Gasteiger partial charge in [-0.3, -0.25) is 0 Å². The van der Waals surface area contributed by atoms with Gasteiger partial charge in [0.1, 0.15) is 11.6 Å². The molecule has 0 saturated heterocycles. The maximum Gasteiger partial charge on any atom is 0.143 e. The summed E-state index contributed by atoms with van der Waals surface area (Å²) in [5.74, 6) is 0.980. The van der Waals surface area contributed by atoms with E-state index in [0.29, 0.717) is 15.9 Å². The van der Waals surface area contributed by atoms with Crippen molar-refractivity contribution in [3.63, 3.8) is 0 Å². The number of hydrogen-bond donors (Lipinski definition) is 1. The number of benzene rings is 1. The normalized spacial score (nSPS) is 23.9. The van der Waals surface area contributed by atoms with E-state index in [1.54, 1.807) is 6.07 Å². The molecule has 0 spiro atoms. The summed E-state index contributed by atoms with van der Waals surface area (Å²) >= 11 is 3.16. The Morgan fingerprint density at radius 2 is 2.22 bits per heavy atom. The number of anilines is 1. The number of hydrogen-bond acceptors (Lipinski definition) is 2. The molecule has 2 nitrogen and oxygen atoms in total. The fraction of sp³-hybridized carbons (Fsp3) is 0.571. The summed E-state index contributed by atoms with van der Waals surface area (Å²) < 4.78 is 19.6. The molecule has 1 aliphatic carbocycles. The largest absolute Gasteiger partial charge is 0.488 e.